The summed E-state index contributed by atoms with van der Waals surface area (Å²) in [7, 11) is 0. The first-order chi connectivity index (χ1) is 9.20. The molecule has 116 valence electrons. The van der Waals surface area contributed by atoms with Crippen LogP contribution in [0.1, 0.15) is 40.5 Å². The highest BCUT2D eigenvalue weighted by molar-refractivity contribution is 5.83. The lowest BCUT2D eigenvalue weighted by atomic mass is 9.78. The van der Waals surface area contributed by atoms with Crippen molar-refractivity contribution >= 4 is 5.91 Å². The molecule has 0 bridgehead atoms. The summed E-state index contributed by atoms with van der Waals surface area (Å²) in [5.41, 5.74) is 4.86. The number of nitrogens with two attached hydrogens (primary N) is 1. The highest BCUT2D eigenvalue weighted by Crippen LogP contribution is 2.35. The number of hydrogen-bond acceptors (Lipinski definition) is 4. The lowest BCUT2D eigenvalue weighted by Gasteiger charge is -2.50. The van der Waals surface area contributed by atoms with Gasteiger partial charge < -0.3 is 20.1 Å². The topological polar surface area (TPSA) is 64.8 Å². The first-order valence-corrected chi connectivity index (χ1v) is 7.47. The second-order valence-electron chi connectivity index (χ2n) is 7.38. The van der Waals surface area contributed by atoms with Crippen LogP contribution in [0.5, 0.6) is 0 Å². The second kappa shape index (κ2) is 5.28. The highest BCUT2D eigenvalue weighted by Gasteiger charge is 2.47. The Morgan fingerprint density at radius 1 is 1.10 bits per heavy atom. The highest BCUT2D eigenvalue weighted by atomic mass is 16.5. The number of hydrogen-bond donors (Lipinski definition) is 1. The lowest BCUT2D eigenvalue weighted by Crippen LogP contribution is -2.62. The van der Waals surface area contributed by atoms with Gasteiger partial charge in [0.1, 0.15) is 0 Å². The van der Waals surface area contributed by atoms with Crippen molar-refractivity contribution in [3.8, 4) is 0 Å². The van der Waals surface area contributed by atoms with Crippen LogP contribution in [-0.4, -0.2) is 54.9 Å². The molecule has 20 heavy (non-hydrogen) atoms. The summed E-state index contributed by atoms with van der Waals surface area (Å²) in [6, 6.07) is 0. The number of amides is 1. The van der Waals surface area contributed by atoms with Crippen LogP contribution in [0.25, 0.3) is 0 Å². The predicted octanol–water partition coefficient (Wildman–Crippen LogP) is 1.16. The molecule has 0 aliphatic carbocycles. The third kappa shape index (κ3) is 3.15. The van der Waals surface area contributed by atoms with Gasteiger partial charge in [-0.1, -0.05) is 0 Å². The van der Waals surface area contributed by atoms with Crippen molar-refractivity contribution in [1.29, 1.82) is 0 Å². The maximum atomic E-state index is 13.0. The first-order valence-electron chi connectivity index (χ1n) is 7.47. The first kappa shape index (κ1) is 15.7. The summed E-state index contributed by atoms with van der Waals surface area (Å²) in [6.07, 6.45) is 1.45. The Bertz CT molecular complexity index is 357. The van der Waals surface area contributed by atoms with Crippen LogP contribution in [0.4, 0.5) is 0 Å². The van der Waals surface area contributed by atoms with Crippen LogP contribution >= 0.6 is 0 Å². The minimum Gasteiger partial charge on any atom is -0.381 e. The van der Waals surface area contributed by atoms with Gasteiger partial charge in [-0.3, -0.25) is 4.79 Å². The van der Waals surface area contributed by atoms with Crippen LogP contribution in [0.2, 0.25) is 0 Å². The largest absolute Gasteiger partial charge is 0.381 e. The molecule has 2 aliphatic rings. The fourth-order valence-corrected chi connectivity index (χ4v) is 3.53. The van der Waals surface area contributed by atoms with E-state index in [9.17, 15) is 4.79 Å². The SMILES string of the molecule is CC1(C)CN(C(=O)C2(CN)CCOCC2)CC(C)(C)O1. The molecule has 2 rings (SSSR count). The zero-order valence-electron chi connectivity index (χ0n) is 13.2. The molecule has 5 heteroatoms. The standard InChI is InChI=1S/C15H28N2O3/c1-13(2)10-17(11-14(3,4)20-13)12(18)15(9-16)5-7-19-8-6-15/h5-11,16H2,1-4H3. The number of carbonyl (C=O) groups is 1. The van der Waals surface area contributed by atoms with Gasteiger partial charge in [0.2, 0.25) is 5.91 Å². The summed E-state index contributed by atoms with van der Waals surface area (Å²) in [4.78, 5) is 15.0. The Morgan fingerprint density at radius 3 is 2.05 bits per heavy atom. The fourth-order valence-electron chi connectivity index (χ4n) is 3.53. The maximum absolute atomic E-state index is 13.0. The van der Waals surface area contributed by atoms with E-state index >= 15 is 0 Å². The van der Waals surface area contributed by atoms with Gasteiger partial charge in [0.25, 0.3) is 0 Å². The average Bonchev–Trinajstić information content (AvgIpc) is 2.35. The third-order valence-electron chi connectivity index (χ3n) is 4.28. The van der Waals surface area contributed by atoms with Crippen LogP contribution in [0, 0.1) is 5.41 Å². The van der Waals surface area contributed by atoms with Crippen molar-refractivity contribution in [3.05, 3.63) is 0 Å². The Hall–Kier alpha value is -0.650. The zero-order chi connectivity index (χ0) is 15.0. The lowest BCUT2D eigenvalue weighted by molar-refractivity contribution is -0.195. The van der Waals surface area contributed by atoms with Gasteiger partial charge in [0.05, 0.1) is 16.6 Å². The van der Waals surface area contributed by atoms with Crippen molar-refractivity contribution < 1.29 is 14.3 Å². The molecule has 0 aromatic rings. The van der Waals surface area contributed by atoms with Crippen molar-refractivity contribution in [2.24, 2.45) is 11.1 Å². The Balaban J connectivity index is 2.18. The number of rotatable bonds is 2. The molecule has 0 unspecified atom stereocenters. The third-order valence-corrected chi connectivity index (χ3v) is 4.28. The van der Waals surface area contributed by atoms with Gasteiger partial charge in [0.15, 0.2) is 0 Å². The van der Waals surface area contributed by atoms with E-state index in [2.05, 4.69) is 0 Å². The van der Waals surface area contributed by atoms with Crippen LogP contribution in [0.3, 0.4) is 0 Å². The Kier molecular flexibility index (Phi) is 4.15. The number of carbonyl (C=O) groups excluding carboxylic acids is 1. The minimum atomic E-state index is -0.443. The number of ether oxygens (including phenoxy) is 2. The monoisotopic (exact) mass is 284 g/mol. The van der Waals surface area contributed by atoms with Gasteiger partial charge in [-0.2, -0.15) is 0 Å². The van der Waals surface area contributed by atoms with E-state index < -0.39 is 5.41 Å². The van der Waals surface area contributed by atoms with E-state index in [1.165, 1.54) is 0 Å². The molecule has 0 aromatic heterocycles. The predicted molar refractivity (Wildman–Crippen MR) is 77.4 cm³/mol. The van der Waals surface area contributed by atoms with Crippen molar-refractivity contribution in [2.45, 2.75) is 51.7 Å². The summed E-state index contributed by atoms with van der Waals surface area (Å²) in [6.45, 7) is 11.0. The number of morpholine rings is 1. The molecule has 2 N–H and O–H groups in total. The molecule has 2 heterocycles. The Morgan fingerprint density at radius 2 is 1.60 bits per heavy atom. The van der Waals surface area contributed by atoms with E-state index in [1.807, 2.05) is 32.6 Å². The van der Waals surface area contributed by atoms with Gasteiger partial charge in [-0.25, -0.2) is 0 Å². The van der Waals surface area contributed by atoms with Gasteiger partial charge >= 0.3 is 0 Å². The quantitative estimate of drug-likeness (QED) is 0.826. The molecule has 2 aliphatic heterocycles. The van der Waals surface area contributed by atoms with Gasteiger partial charge in [-0.15, -0.1) is 0 Å². The van der Waals surface area contributed by atoms with Gasteiger partial charge in [-0.05, 0) is 40.5 Å². The zero-order valence-corrected chi connectivity index (χ0v) is 13.2. The summed E-state index contributed by atoms with van der Waals surface area (Å²) < 4.78 is 11.4. The molecule has 0 radical (unpaired) electrons. The van der Waals surface area contributed by atoms with Gasteiger partial charge in [0, 0.05) is 32.8 Å². The molecule has 1 amide bonds. The minimum absolute atomic E-state index is 0.174. The summed E-state index contributed by atoms with van der Waals surface area (Å²) in [5, 5.41) is 0. The molecule has 0 atom stereocenters. The molecular formula is C15H28N2O3. The van der Waals surface area contributed by atoms with E-state index in [1.54, 1.807) is 0 Å². The van der Waals surface area contributed by atoms with Crippen LogP contribution in [0.15, 0.2) is 0 Å². The molecule has 5 nitrogen and oxygen atoms in total. The molecule has 0 spiro atoms. The average molecular weight is 284 g/mol. The van der Waals surface area contributed by atoms with E-state index in [-0.39, 0.29) is 17.1 Å². The number of nitrogens with zero attached hydrogens (tertiary/aromatic N) is 1. The smallest absolute Gasteiger partial charge is 0.230 e. The molecule has 0 aromatic carbocycles. The van der Waals surface area contributed by atoms with Crippen molar-refractivity contribution in [1.82, 2.24) is 4.90 Å². The fraction of sp³-hybridized carbons (Fsp3) is 0.933. The Labute approximate surface area is 121 Å². The van der Waals surface area contributed by atoms with Crippen molar-refractivity contribution in [2.75, 3.05) is 32.8 Å². The molecule has 0 saturated carbocycles. The summed E-state index contributed by atoms with van der Waals surface area (Å²) in [5.74, 6) is 0.174. The summed E-state index contributed by atoms with van der Waals surface area (Å²) >= 11 is 0. The normalized spacial score (nSPS) is 28.1. The van der Waals surface area contributed by atoms with Crippen LogP contribution in [-0.2, 0) is 14.3 Å². The second-order valence-corrected chi connectivity index (χ2v) is 7.38. The molecular weight excluding hydrogens is 256 g/mol. The van der Waals surface area contributed by atoms with E-state index in [4.69, 9.17) is 15.2 Å². The maximum Gasteiger partial charge on any atom is 0.230 e. The molecule has 2 saturated heterocycles. The van der Waals surface area contributed by atoms with Crippen LogP contribution < -0.4 is 5.73 Å². The van der Waals surface area contributed by atoms with E-state index in [0.717, 1.165) is 12.8 Å². The van der Waals surface area contributed by atoms with E-state index in [0.29, 0.717) is 32.8 Å². The van der Waals surface area contributed by atoms with Crippen molar-refractivity contribution in [3.63, 3.8) is 0 Å². The molecule has 2 fully saturated rings.